The van der Waals surface area contributed by atoms with Crippen LogP contribution in [0.1, 0.15) is 44.5 Å². The molecule has 2 aliphatic carbocycles. The van der Waals surface area contributed by atoms with E-state index in [1.807, 2.05) is 18.6 Å². The third kappa shape index (κ3) is 2.21. The number of nitrogens with zero attached hydrogens (tertiary/aromatic N) is 3. The first kappa shape index (κ1) is 18.1. The molecular formula is C32H21N3. The average molecular weight is 448 g/mol. The maximum Gasteiger partial charge on any atom is 0.141 e. The SMILES string of the molecule is c1ccc2c(c1)Cc1ccc3c(c1-2)Cc1c-3cc2c3c1Cc1cccnc1N3c1ccncc1C2. The second-order valence-electron chi connectivity index (χ2n) is 10.2. The molecule has 0 unspecified atom stereocenters. The lowest BCUT2D eigenvalue weighted by atomic mass is 9.83. The summed E-state index contributed by atoms with van der Waals surface area (Å²) in [7, 11) is 0. The highest BCUT2D eigenvalue weighted by atomic mass is 15.2. The Bertz CT molecular complexity index is 1750. The molecular weight excluding hydrogens is 426 g/mol. The quantitative estimate of drug-likeness (QED) is 0.253. The molecule has 5 aromatic rings. The van der Waals surface area contributed by atoms with Crippen molar-refractivity contribution in [2.24, 2.45) is 0 Å². The smallest absolute Gasteiger partial charge is 0.141 e. The zero-order valence-electron chi connectivity index (χ0n) is 19.2. The van der Waals surface area contributed by atoms with Crippen LogP contribution in [0.5, 0.6) is 0 Å². The first-order chi connectivity index (χ1) is 17.3. The summed E-state index contributed by atoms with van der Waals surface area (Å²) in [6, 6.07) is 22.7. The third-order valence-electron chi connectivity index (χ3n) is 8.48. The van der Waals surface area contributed by atoms with Gasteiger partial charge in [-0.05, 0) is 97.8 Å². The highest BCUT2D eigenvalue weighted by Crippen LogP contribution is 2.55. The second-order valence-corrected chi connectivity index (χ2v) is 10.2. The normalized spacial score (nSPS) is 14.9. The van der Waals surface area contributed by atoms with E-state index in [0.717, 1.165) is 31.5 Å². The van der Waals surface area contributed by atoms with Crippen LogP contribution in [0.15, 0.2) is 79.3 Å². The van der Waals surface area contributed by atoms with Crippen LogP contribution in [-0.2, 0) is 25.7 Å². The molecule has 0 N–H and O–H groups in total. The second kappa shape index (κ2) is 6.25. The molecule has 164 valence electrons. The van der Waals surface area contributed by atoms with Crippen LogP contribution in [0, 0.1) is 0 Å². The number of benzene rings is 3. The van der Waals surface area contributed by atoms with Crippen molar-refractivity contribution in [3.8, 4) is 22.3 Å². The molecule has 9 rings (SSSR count). The lowest BCUT2D eigenvalue weighted by molar-refractivity contribution is 0.961. The van der Waals surface area contributed by atoms with Gasteiger partial charge in [0.1, 0.15) is 5.82 Å². The van der Waals surface area contributed by atoms with Gasteiger partial charge in [-0.1, -0.05) is 42.5 Å². The Morgan fingerprint density at radius 3 is 2.51 bits per heavy atom. The maximum atomic E-state index is 4.86. The Kier molecular flexibility index (Phi) is 3.24. The van der Waals surface area contributed by atoms with Crippen molar-refractivity contribution in [2.45, 2.75) is 25.7 Å². The van der Waals surface area contributed by atoms with E-state index in [-0.39, 0.29) is 0 Å². The summed E-state index contributed by atoms with van der Waals surface area (Å²) >= 11 is 0. The predicted molar refractivity (Wildman–Crippen MR) is 139 cm³/mol. The van der Waals surface area contributed by atoms with E-state index >= 15 is 0 Å². The van der Waals surface area contributed by atoms with Gasteiger partial charge in [-0.3, -0.25) is 9.88 Å². The van der Waals surface area contributed by atoms with Gasteiger partial charge < -0.3 is 0 Å². The van der Waals surface area contributed by atoms with Crippen molar-refractivity contribution >= 4 is 17.2 Å². The minimum atomic E-state index is 0.917. The topological polar surface area (TPSA) is 29.0 Å². The first-order valence-electron chi connectivity index (χ1n) is 12.4. The number of hydrogen-bond donors (Lipinski definition) is 0. The Hall–Kier alpha value is -4.24. The number of anilines is 3. The third-order valence-corrected chi connectivity index (χ3v) is 8.48. The summed E-state index contributed by atoms with van der Waals surface area (Å²) in [4.78, 5) is 11.7. The standard InChI is InChI=1S/C32H21N3/c1-2-6-23-18(4-1)12-19-7-8-24-25-15-21-13-22-17-33-11-9-29(22)35-31(21)28(26(25)16-27(24)30(19)23)14-20-5-3-10-34-32(20)35/h1-11,15,17H,12-14,16H2. The zero-order valence-corrected chi connectivity index (χ0v) is 19.2. The van der Waals surface area contributed by atoms with Crippen LogP contribution >= 0.6 is 0 Å². The van der Waals surface area contributed by atoms with Crippen molar-refractivity contribution in [1.82, 2.24) is 9.97 Å². The molecule has 0 saturated heterocycles. The molecule has 3 aromatic carbocycles. The van der Waals surface area contributed by atoms with Crippen molar-refractivity contribution in [2.75, 3.05) is 4.90 Å². The molecule has 0 spiro atoms. The molecule has 2 aliphatic heterocycles. The predicted octanol–water partition coefficient (Wildman–Crippen LogP) is 6.90. The van der Waals surface area contributed by atoms with Crippen molar-refractivity contribution in [3.63, 3.8) is 0 Å². The molecule has 0 atom stereocenters. The highest BCUT2D eigenvalue weighted by Gasteiger charge is 2.37. The van der Waals surface area contributed by atoms with Gasteiger partial charge in [-0.15, -0.1) is 0 Å². The van der Waals surface area contributed by atoms with Crippen LogP contribution < -0.4 is 4.90 Å². The fourth-order valence-corrected chi connectivity index (χ4v) is 7.07. The molecule has 0 fully saturated rings. The summed E-state index contributed by atoms with van der Waals surface area (Å²) in [5.41, 5.74) is 19.8. The number of aromatic nitrogens is 2. The van der Waals surface area contributed by atoms with Crippen LogP contribution in [-0.4, -0.2) is 9.97 Å². The maximum absolute atomic E-state index is 4.86. The summed E-state index contributed by atoms with van der Waals surface area (Å²) in [5.74, 6) is 1.07. The van der Waals surface area contributed by atoms with Crippen molar-refractivity contribution in [1.29, 1.82) is 0 Å². The van der Waals surface area contributed by atoms with E-state index in [0.29, 0.717) is 0 Å². The molecule has 0 radical (unpaired) electrons. The van der Waals surface area contributed by atoms with Gasteiger partial charge in [0.05, 0.1) is 11.4 Å². The first-order valence-corrected chi connectivity index (χ1v) is 12.4. The Morgan fingerprint density at radius 1 is 0.600 bits per heavy atom. The number of hydrogen-bond acceptors (Lipinski definition) is 3. The summed E-state index contributed by atoms with van der Waals surface area (Å²) in [6.45, 7) is 0. The highest BCUT2D eigenvalue weighted by molar-refractivity contribution is 5.95. The van der Waals surface area contributed by atoms with Gasteiger partial charge in [0.2, 0.25) is 0 Å². The van der Waals surface area contributed by atoms with Crippen molar-refractivity contribution < 1.29 is 0 Å². The minimum absolute atomic E-state index is 0.917. The van der Waals surface area contributed by atoms with E-state index in [1.165, 1.54) is 78.1 Å². The molecule has 3 nitrogen and oxygen atoms in total. The number of fused-ring (bicyclic) bond motifs is 12. The van der Waals surface area contributed by atoms with E-state index < -0.39 is 0 Å². The molecule has 0 bridgehead atoms. The molecule has 0 amide bonds. The molecule has 4 heterocycles. The Morgan fingerprint density at radius 2 is 1.51 bits per heavy atom. The van der Waals surface area contributed by atoms with E-state index in [4.69, 9.17) is 4.98 Å². The van der Waals surface area contributed by atoms with Gasteiger partial charge >= 0.3 is 0 Å². The van der Waals surface area contributed by atoms with Crippen LogP contribution in [0.2, 0.25) is 0 Å². The average Bonchev–Trinajstić information content (AvgIpc) is 3.46. The van der Waals surface area contributed by atoms with Gasteiger partial charge in [0.15, 0.2) is 0 Å². The van der Waals surface area contributed by atoms with Crippen LogP contribution in [0.4, 0.5) is 17.2 Å². The van der Waals surface area contributed by atoms with Gasteiger partial charge in [-0.25, -0.2) is 4.98 Å². The van der Waals surface area contributed by atoms with Gasteiger partial charge in [0.25, 0.3) is 0 Å². The molecule has 35 heavy (non-hydrogen) atoms. The fraction of sp³-hybridized carbons (Fsp3) is 0.125. The summed E-state index contributed by atoms with van der Waals surface area (Å²) in [6.07, 6.45) is 9.78. The Labute approximate surface area is 203 Å². The molecule has 4 aliphatic rings. The summed E-state index contributed by atoms with van der Waals surface area (Å²) < 4.78 is 0. The van der Waals surface area contributed by atoms with Gasteiger partial charge in [-0.2, -0.15) is 0 Å². The molecule has 0 saturated carbocycles. The minimum Gasteiger partial charge on any atom is -0.294 e. The monoisotopic (exact) mass is 447 g/mol. The lowest BCUT2D eigenvalue weighted by Gasteiger charge is -2.39. The van der Waals surface area contributed by atoms with E-state index in [2.05, 4.69) is 70.5 Å². The lowest BCUT2D eigenvalue weighted by Crippen LogP contribution is -2.26. The van der Waals surface area contributed by atoms with Crippen LogP contribution in [0.25, 0.3) is 22.3 Å². The zero-order chi connectivity index (χ0) is 22.7. The van der Waals surface area contributed by atoms with Crippen LogP contribution in [0.3, 0.4) is 0 Å². The van der Waals surface area contributed by atoms with Gasteiger partial charge in [0, 0.05) is 31.4 Å². The van der Waals surface area contributed by atoms with E-state index in [1.54, 1.807) is 0 Å². The van der Waals surface area contributed by atoms with Crippen molar-refractivity contribution in [3.05, 3.63) is 124 Å². The number of rotatable bonds is 0. The fourth-order valence-electron chi connectivity index (χ4n) is 7.07. The summed E-state index contributed by atoms with van der Waals surface area (Å²) in [5, 5.41) is 0. The molecule has 2 aromatic heterocycles. The van der Waals surface area contributed by atoms with E-state index in [9.17, 15) is 0 Å². The Balaban J connectivity index is 1.32. The largest absolute Gasteiger partial charge is 0.294 e. The number of pyridine rings is 2. The molecule has 3 heteroatoms.